The van der Waals surface area contributed by atoms with Crippen LogP contribution >= 0.6 is 0 Å². The van der Waals surface area contributed by atoms with Crippen LogP contribution in [0.4, 0.5) is 0 Å². The normalized spacial score (nSPS) is 35.2. The Kier molecular flexibility index (Phi) is 1.76. The fourth-order valence-electron chi connectivity index (χ4n) is 0.814. The van der Waals surface area contributed by atoms with E-state index in [9.17, 15) is 5.11 Å². The Morgan fingerprint density at radius 1 is 1.78 bits per heavy atom. The van der Waals surface area contributed by atoms with Gasteiger partial charge in [0.1, 0.15) is 0 Å². The Morgan fingerprint density at radius 3 is 2.89 bits per heavy atom. The summed E-state index contributed by atoms with van der Waals surface area (Å²) in [7, 11) is 0. The van der Waals surface area contributed by atoms with Crippen molar-refractivity contribution in [2.75, 3.05) is 6.61 Å². The minimum Gasteiger partial charge on any atom is -0.498 e. The summed E-state index contributed by atoms with van der Waals surface area (Å²) in [6.07, 6.45) is 1.44. The fourth-order valence-corrected chi connectivity index (χ4v) is 0.814. The predicted molar refractivity (Wildman–Crippen MR) is 34.9 cm³/mol. The standard InChI is InChI=1S/C7H12O2/c1-5-4-9-6(2)3-7(5)8/h3,5,7-8H,4H2,1-2H3. The van der Waals surface area contributed by atoms with E-state index in [0.717, 1.165) is 5.76 Å². The Bertz CT molecular complexity index is 129. The lowest BCUT2D eigenvalue weighted by atomic mass is 10.0. The Hall–Kier alpha value is -0.500. The summed E-state index contributed by atoms with van der Waals surface area (Å²) >= 11 is 0. The molecule has 52 valence electrons. The third-order valence-electron chi connectivity index (χ3n) is 1.56. The molecule has 0 radical (unpaired) electrons. The van der Waals surface area contributed by atoms with E-state index in [0.29, 0.717) is 6.61 Å². The van der Waals surface area contributed by atoms with E-state index in [2.05, 4.69) is 0 Å². The van der Waals surface area contributed by atoms with Crippen LogP contribution in [-0.2, 0) is 4.74 Å². The molecule has 1 rings (SSSR count). The maximum Gasteiger partial charge on any atom is 0.0930 e. The molecule has 1 heterocycles. The molecular weight excluding hydrogens is 116 g/mol. The molecule has 1 aliphatic rings. The van der Waals surface area contributed by atoms with Gasteiger partial charge in [-0.05, 0) is 13.0 Å². The van der Waals surface area contributed by atoms with Crippen LogP contribution in [0, 0.1) is 5.92 Å². The van der Waals surface area contributed by atoms with Crippen LogP contribution in [0.25, 0.3) is 0 Å². The Balaban J connectivity index is 2.58. The first kappa shape index (κ1) is 6.62. The van der Waals surface area contributed by atoms with Crippen LogP contribution in [-0.4, -0.2) is 17.8 Å². The van der Waals surface area contributed by atoms with Gasteiger partial charge in [0.25, 0.3) is 0 Å². The highest BCUT2D eigenvalue weighted by Gasteiger charge is 2.17. The SMILES string of the molecule is CC1=CC(O)C(C)CO1. The van der Waals surface area contributed by atoms with Gasteiger partial charge in [0.2, 0.25) is 0 Å². The summed E-state index contributed by atoms with van der Waals surface area (Å²) in [5.74, 6) is 1.08. The minimum atomic E-state index is -0.307. The molecule has 0 amide bonds. The van der Waals surface area contributed by atoms with Gasteiger partial charge >= 0.3 is 0 Å². The van der Waals surface area contributed by atoms with Crippen LogP contribution < -0.4 is 0 Å². The number of aliphatic hydroxyl groups excluding tert-OH is 1. The molecule has 1 aliphatic heterocycles. The molecule has 0 aromatic carbocycles. The highest BCUT2D eigenvalue weighted by Crippen LogP contribution is 2.14. The van der Waals surface area contributed by atoms with Crippen molar-refractivity contribution < 1.29 is 9.84 Å². The van der Waals surface area contributed by atoms with Crippen LogP contribution in [0.3, 0.4) is 0 Å². The van der Waals surface area contributed by atoms with Gasteiger partial charge in [0.15, 0.2) is 0 Å². The molecule has 0 aromatic rings. The van der Waals surface area contributed by atoms with Crippen molar-refractivity contribution in [3.63, 3.8) is 0 Å². The molecule has 2 heteroatoms. The van der Waals surface area contributed by atoms with Crippen LogP contribution in [0.1, 0.15) is 13.8 Å². The number of hydrogen-bond donors (Lipinski definition) is 1. The average Bonchev–Trinajstić information content (AvgIpc) is 1.80. The lowest BCUT2D eigenvalue weighted by Crippen LogP contribution is -2.24. The van der Waals surface area contributed by atoms with Crippen molar-refractivity contribution in [3.05, 3.63) is 11.8 Å². The molecule has 2 unspecified atom stereocenters. The van der Waals surface area contributed by atoms with Gasteiger partial charge in [-0.2, -0.15) is 0 Å². The lowest BCUT2D eigenvalue weighted by molar-refractivity contribution is 0.0631. The zero-order valence-corrected chi connectivity index (χ0v) is 5.79. The van der Waals surface area contributed by atoms with E-state index in [1.54, 1.807) is 6.08 Å². The maximum atomic E-state index is 9.19. The average molecular weight is 128 g/mol. The molecule has 9 heavy (non-hydrogen) atoms. The highest BCUT2D eigenvalue weighted by molar-refractivity contribution is 4.99. The van der Waals surface area contributed by atoms with E-state index in [1.807, 2.05) is 13.8 Å². The number of allylic oxidation sites excluding steroid dienone is 1. The van der Waals surface area contributed by atoms with E-state index in [1.165, 1.54) is 0 Å². The molecule has 2 atom stereocenters. The number of aliphatic hydroxyl groups is 1. The molecule has 1 N–H and O–H groups in total. The topological polar surface area (TPSA) is 29.5 Å². The van der Waals surface area contributed by atoms with Crippen molar-refractivity contribution in [1.82, 2.24) is 0 Å². The first-order valence-electron chi connectivity index (χ1n) is 3.19. The third-order valence-corrected chi connectivity index (χ3v) is 1.56. The zero-order chi connectivity index (χ0) is 6.85. The molecular formula is C7H12O2. The smallest absolute Gasteiger partial charge is 0.0930 e. The quantitative estimate of drug-likeness (QED) is 0.525. The first-order chi connectivity index (χ1) is 4.20. The molecule has 0 saturated carbocycles. The van der Waals surface area contributed by atoms with Crippen LogP contribution in [0.15, 0.2) is 11.8 Å². The van der Waals surface area contributed by atoms with Crippen LogP contribution in [0.5, 0.6) is 0 Å². The molecule has 0 aliphatic carbocycles. The summed E-state index contributed by atoms with van der Waals surface area (Å²) in [6.45, 7) is 4.46. The molecule has 0 fully saturated rings. The summed E-state index contributed by atoms with van der Waals surface area (Å²) < 4.78 is 5.16. The van der Waals surface area contributed by atoms with Gasteiger partial charge in [0, 0.05) is 5.92 Å². The van der Waals surface area contributed by atoms with Crippen molar-refractivity contribution in [2.24, 2.45) is 5.92 Å². The number of rotatable bonds is 0. The minimum absolute atomic E-state index is 0.244. The van der Waals surface area contributed by atoms with Crippen molar-refractivity contribution in [1.29, 1.82) is 0 Å². The second kappa shape index (κ2) is 2.40. The summed E-state index contributed by atoms with van der Waals surface area (Å²) in [4.78, 5) is 0. The van der Waals surface area contributed by atoms with Crippen molar-refractivity contribution in [3.8, 4) is 0 Å². The monoisotopic (exact) mass is 128 g/mol. The maximum absolute atomic E-state index is 9.19. The number of hydrogen-bond acceptors (Lipinski definition) is 2. The molecule has 2 nitrogen and oxygen atoms in total. The Morgan fingerprint density at radius 2 is 2.44 bits per heavy atom. The van der Waals surface area contributed by atoms with E-state index in [4.69, 9.17) is 4.74 Å². The van der Waals surface area contributed by atoms with Gasteiger partial charge in [0.05, 0.1) is 18.5 Å². The van der Waals surface area contributed by atoms with E-state index >= 15 is 0 Å². The number of ether oxygens (including phenoxy) is 1. The van der Waals surface area contributed by atoms with E-state index in [-0.39, 0.29) is 12.0 Å². The zero-order valence-electron chi connectivity index (χ0n) is 5.79. The largest absolute Gasteiger partial charge is 0.498 e. The molecule has 0 bridgehead atoms. The van der Waals surface area contributed by atoms with Crippen molar-refractivity contribution >= 4 is 0 Å². The van der Waals surface area contributed by atoms with Gasteiger partial charge in [-0.25, -0.2) is 0 Å². The third kappa shape index (κ3) is 1.45. The van der Waals surface area contributed by atoms with Crippen molar-refractivity contribution in [2.45, 2.75) is 20.0 Å². The van der Waals surface area contributed by atoms with Gasteiger partial charge in [-0.15, -0.1) is 0 Å². The fraction of sp³-hybridized carbons (Fsp3) is 0.714. The first-order valence-corrected chi connectivity index (χ1v) is 3.19. The van der Waals surface area contributed by atoms with Gasteiger partial charge < -0.3 is 9.84 Å². The lowest BCUT2D eigenvalue weighted by Gasteiger charge is -2.22. The molecule has 0 aromatic heterocycles. The summed E-state index contributed by atoms with van der Waals surface area (Å²) in [5.41, 5.74) is 0. The van der Waals surface area contributed by atoms with Gasteiger partial charge in [-0.3, -0.25) is 0 Å². The second-order valence-corrected chi connectivity index (χ2v) is 2.56. The molecule has 0 spiro atoms. The molecule has 0 saturated heterocycles. The second-order valence-electron chi connectivity index (χ2n) is 2.56. The summed E-state index contributed by atoms with van der Waals surface area (Å²) in [5, 5.41) is 9.19. The highest BCUT2D eigenvalue weighted by atomic mass is 16.5. The summed E-state index contributed by atoms with van der Waals surface area (Å²) in [6, 6.07) is 0. The van der Waals surface area contributed by atoms with E-state index < -0.39 is 0 Å². The van der Waals surface area contributed by atoms with Gasteiger partial charge in [-0.1, -0.05) is 6.92 Å². The van der Waals surface area contributed by atoms with Crippen LogP contribution in [0.2, 0.25) is 0 Å². The predicted octanol–water partition coefficient (Wildman–Crippen LogP) is 0.917. The Labute approximate surface area is 55.1 Å².